The minimum atomic E-state index is -0.244. The molecule has 0 aromatic rings. The summed E-state index contributed by atoms with van der Waals surface area (Å²) in [6, 6.07) is 0. The second kappa shape index (κ2) is 6.74. The second-order valence-corrected chi connectivity index (χ2v) is 4.95. The Kier molecular flexibility index (Phi) is 6.41. The molecule has 0 fully saturated rings. The van der Waals surface area contributed by atoms with Gasteiger partial charge in [-0.25, -0.2) is 0 Å². The molecule has 0 aromatic carbocycles. The molecule has 5 heteroatoms. The Labute approximate surface area is 102 Å². The molecular weight excluding hydrogens is 228 g/mol. The molecule has 0 atom stereocenters. The summed E-state index contributed by atoms with van der Waals surface area (Å²) >= 11 is 5.38. The number of alkyl halides is 1. The van der Waals surface area contributed by atoms with E-state index in [1.54, 1.807) is 7.05 Å². The molecule has 0 bridgehead atoms. The largest absolute Gasteiger partial charge is 0.354 e. The molecule has 0 unspecified atom stereocenters. The van der Waals surface area contributed by atoms with E-state index in [-0.39, 0.29) is 29.7 Å². The number of carbonyl (C=O) groups is 2. The Bertz CT molecular complexity index is 254. The molecule has 0 rings (SSSR count). The first-order valence-electron chi connectivity index (χ1n) is 5.39. The standard InChI is InChI=1S/C11H21ClN2O2/c1-5-11(2,3)8-13-9(15)7-14(4)10(16)6-12/h5-8H2,1-4H3,(H,13,15). The number of nitrogens with one attached hydrogen (secondary N) is 1. The first-order chi connectivity index (χ1) is 7.32. The zero-order valence-electron chi connectivity index (χ0n) is 10.5. The smallest absolute Gasteiger partial charge is 0.239 e. The molecule has 16 heavy (non-hydrogen) atoms. The summed E-state index contributed by atoms with van der Waals surface area (Å²) in [5.74, 6) is -0.487. The van der Waals surface area contributed by atoms with Crippen molar-refractivity contribution in [3.63, 3.8) is 0 Å². The maximum Gasteiger partial charge on any atom is 0.239 e. The molecule has 0 aliphatic rings. The molecule has 0 heterocycles. The van der Waals surface area contributed by atoms with Crippen molar-refractivity contribution in [3.05, 3.63) is 0 Å². The molecule has 0 aromatic heterocycles. The topological polar surface area (TPSA) is 49.4 Å². The van der Waals surface area contributed by atoms with Gasteiger partial charge in [0.15, 0.2) is 0 Å². The highest BCUT2D eigenvalue weighted by Gasteiger charge is 2.17. The molecule has 0 radical (unpaired) electrons. The predicted molar refractivity (Wildman–Crippen MR) is 65.4 cm³/mol. The quantitative estimate of drug-likeness (QED) is 0.719. The number of hydrogen-bond donors (Lipinski definition) is 1. The van der Waals surface area contributed by atoms with E-state index in [9.17, 15) is 9.59 Å². The van der Waals surface area contributed by atoms with Crippen LogP contribution in [0.2, 0.25) is 0 Å². The van der Waals surface area contributed by atoms with E-state index < -0.39 is 0 Å². The van der Waals surface area contributed by atoms with Crippen LogP contribution >= 0.6 is 11.6 Å². The zero-order valence-corrected chi connectivity index (χ0v) is 11.2. The summed E-state index contributed by atoms with van der Waals surface area (Å²) in [5.41, 5.74) is 0.0880. The molecule has 0 aliphatic heterocycles. The van der Waals surface area contributed by atoms with Crippen LogP contribution in [0, 0.1) is 5.41 Å². The van der Waals surface area contributed by atoms with Gasteiger partial charge in [-0.05, 0) is 11.8 Å². The molecule has 4 nitrogen and oxygen atoms in total. The summed E-state index contributed by atoms with van der Waals surface area (Å²) in [6.07, 6.45) is 0.990. The van der Waals surface area contributed by atoms with Crippen molar-refractivity contribution >= 4 is 23.4 Å². The molecule has 0 saturated carbocycles. The van der Waals surface area contributed by atoms with E-state index in [1.165, 1.54) is 4.90 Å². The summed E-state index contributed by atoms with van der Waals surface area (Å²) in [4.78, 5) is 23.9. The van der Waals surface area contributed by atoms with Gasteiger partial charge in [-0.1, -0.05) is 20.8 Å². The minimum absolute atomic E-state index is 0.0609. The van der Waals surface area contributed by atoms with Gasteiger partial charge in [0.25, 0.3) is 0 Å². The number of nitrogens with zero attached hydrogens (tertiary/aromatic N) is 1. The highest BCUT2D eigenvalue weighted by atomic mass is 35.5. The molecule has 0 spiro atoms. The fourth-order valence-electron chi connectivity index (χ4n) is 0.924. The SMILES string of the molecule is CCC(C)(C)CNC(=O)CN(C)C(=O)CCl. The zero-order chi connectivity index (χ0) is 12.8. The lowest BCUT2D eigenvalue weighted by molar-refractivity contribution is -0.132. The number of halogens is 1. The van der Waals surface area contributed by atoms with Crippen LogP contribution < -0.4 is 5.32 Å². The van der Waals surface area contributed by atoms with Crippen molar-refractivity contribution < 1.29 is 9.59 Å². The van der Waals surface area contributed by atoms with Crippen molar-refractivity contribution in [3.8, 4) is 0 Å². The molecule has 0 saturated heterocycles. The average molecular weight is 249 g/mol. The molecule has 2 amide bonds. The second-order valence-electron chi connectivity index (χ2n) is 4.68. The third-order valence-electron chi connectivity index (χ3n) is 2.64. The van der Waals surface area contributed by atoms with Gasteiger partial charge in [-0.15, -0.1) is 11.6 Å². The van der Waals surface area contributed by atoms with Gasteiger partial charge in [0.2, 0.25) is 11.8 Å². The van der Waals surface area contributed by atoms with Crippen LogP contribution in [0.1, 0.15) is 27.2 Å². The highest BCUT2D eigenvalue weighted by molar-refractivity contribution is 6.27. The van der Waals surface area contributed by atoms with Gasteiger partial charge >= 0.3 is 0 Å². The van der Waals surface area contributed by atoms with E-state index >= 15 is 0 Å². The first kappa shape index (κ1) is 15.2. The Hall–Kier alpha value is -0.770. The third kappa shape index (κ3) is 5.95. The maximum atomic E-state index is 11.5. The normalized spacial score (nSPS) is 11.1. The van der Waals surface area contributed by atoms with E-state index in [0.29, 0.717) is 6.54 Å². The van der Waals surface area contributed by atoms with Crippen molar-refractivity contribution in [1.82, 2.24) is 10.2 Å². The van der Waals surface area contributed by atoms with Crippen LogP contribution in [0.15, 0.2) is 0 Å². The Morgan fingerprint density at radius 2 is 1.94 bits per heavy atom. The lowest BCUT2D eigenvalue weighted by Gasteiger charge is -2.23. The average Bonchev–Trinajstić information content (AvgIpc) is 2.25. The summed E-state index contributed by atoms with van der Waals surface area (Å²) in [6.45, 7) is 6.92. The van der Waals surface area contributed by atoms with E-state index in [4.69, 9.17) is 11.6 Å². The van der Waals surface area contributed by atoms with Crippen LogP contribution in [0.3, 0.4) is 0 Å². The van der Waals surface area contributed by atoms with Crippen LogP contribution in [0.4, 0.5) is 0 Å². The van der Waals surface area contributed by atoms with Gasteiger partial charge in [0.1, 0.15) is 5.88 Å². The monoisotopic (exact) mass is 248 g/mol. The Balaban J connectivity index is 3.96. The molecular formula is C11H21ClN2O2. The van der Waals surface area contributed by atoms with E-state index in [1.807, 2.05) is 0 Å². The fourth-order valence-corrected chi connectivity index (χ4v) is 1.13. The minimum Gasteiger partial charge on any atom is -0.354 e. The van der Waals surface area contributed by atoms with Gasteiger partial charge in [0, 0.05) is 13.6 Å². The lowest BCUT2D eigenvalue weighted by atomic mass is 9.90. The predicted octanol–water partition coefficient (Wildman–Crippen LogP) is 1.24. The van der Waals surface area contributed by atoms with Crippen molar-refractivity contribution in [2.24, 2.45) is 5.41 Å². The van der Waals surface area contributed by atoms with E-state index in [0.717, 1.165) is 6.42 Å². The maximum absolute atomic E-state index is 11.5. The number of carbonyl (C=O) groups excluding carboxylic acids is 2. The van der Waals surface area contributed by atoms with Gasteiger partial charge < -0.3 is 10.2 Å². The molecule has 0 aliphatic carbocycles. The fraction of sp³-hybridized carbons (Fsp3) is 0.818. The number of hydrogen-bond acceptors (Lipinski definition) is 2. The summed E-state index contributed by atoms with van der Waals surface area (Å²) < 4.78 is 0. The van der Waals surface area contributed by atoms with Gasteiger partial charge in [0.05, 0.1) is 6.54 Å². The van der Waals surface area contributed by atoms with Gasteiger partial charge in [-0.2, -0.15) is 0 Å². The first-order valence-corrected chi connectivity index (χ1v) is 5.92. The summed E-state index contributed by atoms with van der Waals surface area (Å²) in [7, 11) is 1.56. The number of rotatable bonds is 6. The number of amides is 2. The van der Waals surface area contributed by atoms with Crippen LogP contribution in [-0.2, 0) is 9.59 Å². The van der Waals surface area contributed by atoms with Crippen LogP contribution in [-0.4, -0.2) is 42.7 Å². The van der Waals surface area contributed by atoms with Crippen LogP contribution in [0.25, 0.3) is 0 Å². The molecule has 1 N–H and O–H groups in total. The van der Waals surface area contributed by atoms with Crippen LogP contribution in [0.5, 0.6) is 0 Å². The Morgan fingerprint density at radius 1 is 1.38 bits per heavy atom. The van der Waals surface area contributed by atoms with E-state index in [2.05, 4.69) is 26.1 Å². The lowest BCUT2D eigenvalue weighted by Crippen LogP contribution is -2.41. The number of likely N-dealkylation sites (N-methyl/N-ethyl adjacent to an activating group) is 1. The van der Waals surface area contributed by atoms with Gasteiger partial charge in [-0.3, -0.25) is 9.59 Å². The van der Waals surface area contributed by atoms with Crippen molar-refractivity contribution in [1.29, 1.82) is 0 Å². The molecule has 94 valence electrons. The van der Waals surface area contributed by atoms with Crippen molar-refractivity contribution in [2.75, 3.05) is 26.0 Å². The Morgan fingerprint density at radius 3 is 2.38 bits per heavy atom. The van der Waals surface area contributed by atoms with Crippen molar-refractivity contribution in [2.45, 2.75) is 27.2 Å². The third-order valence-corrected chi connectivity index (χ3v) is 2.87. The summed E-state index contributed by atoms with van der Waals surface area (Å²) in [5, 5.41) is 2.81. The highest BCUT2D eigenvalue weighted by Crippen LogP contribution is 2.17.